The molecule has 0 aliphatic heterocycles. The second kappa shape index (κ2) is 7.62. The van der Waals surface area contributed by atoms with Crippen LogP contribution in [0.4, 0.5) is 0 Å². The molecule has 6 heteroatoms. The predicted molar refractivity (Wildman–Crippen MR) is 91.9 cm³/mol. The lowest BCUT2D eigenvalue weighted by Gasteiger charge is -2.14. The van der Waals surface area contributed by atoms with Crippen molar-refractivity contribution in [3.05, 3.63) is 70.7 Å². The fraction of sp³-hybridized carbons (Fsp3) is 0.235. The number of benzene rings is 2. The summed E-state index contributed by atoms with van der Waals surface area (Å²) < 4.78 is 24.3. The van der Waals surface area contributed by atoms with Gasteiger partial charge in [-0.05, 0) is 24.1 Å². The number of rotatable bonds is 6. The smallest absolute Gasteiger partial charge is 0.235 e. The number of nitrogens with one attached hydrogen (secondary N) is 1. The highest BCUT2D eigenvalue weighted by Crippen LogP contribution is 2.18. The van der Waals surface area contributed by atoms with Crippen molar-refractivity contribution in [1.29, 1.82) is 0 Å². The minimum Gasteiger partial charge on any atom is -0.349 e. The molecule has 1 amide bonds. The molecule has 122 valence electrons. The second-order valence-corrected chi connectivity index (χ2v) is 7.80. The lowest BCUT2D eigenvalue weighted by Crippen LogP contribution is -2.32. The zero-order valence-electron chi connectivity index (χ0n) is 12.7. The first-order valence-corrected chi connectivity index (χ1v) is 9.35. The molecule has 4 nitrogen and oxygen atoms in total. The van der Waals surface area contributed by atoms with Crippen molar-refractivity contribution in [2.75, 3.05) is 5.75 Å². The Morgan fingerprint density at radius 1 is 1.09 bits per heavy atom. The van der Waals surface area contributed by atoms with Gasteiger partial charge in [-0.3, -0.25) is 4.79 Å². The third kappa shape index (κ3) is 5.37. The lowest BCUT2D eigenvalue weighted by molar-refractivity contribution is -0.119. The van der Waals surface area contributed by atoms with Gasteiger partial charge in [0.25, 0.3) is 0 Å². The standard InChI is InChI=1S/C17H18ClNO3S/c1-13(14-7-3-2-4-8-14)19-17(20)12-23(21,22)11-15-9-5-6-10-16(15)18/h2-10,13H,11-12H2,1H3,(H,19,20). The van der Waals surface area contributed by atoms with Crippen LogP contribution < -0.4 is 5.32 Å². The maximum Gasteiger partial charge on any atom is 0.235 e. The van der Waals surface area contributed by atoms with Gasteiger partial charge in [-0.1, -0.05) is 60.1 Å². The zero-order chi connectivity index (χ0) is 16.9. The third-order valence-electron chi connectivity index (χ3n) is 3.36. The number of sulfone groups is 1. The Morgan fingerprint density at radius 2 is 1.70 bits per heavy atom. The van der Waals surface area contributed by atoms with Gasteiger partial charge in [-0.25, -0.2) is 8.42 Å². The summed E-state index contributed by atoms with van der Waals surface area (Å²) in [5.74, 6) is -1.33. The van der Waals surface area contributed by atoms with E-state index in [-0.39, 0.29) is 11.8 Å². The van der Waals surface area contributed by atoms with Crippen LogP contribution in [-0.4, -0.2) is 20.1 Å². The molecular weight excluding hydrogens is 334 g/mol. The number of carbonyl (C=O) groups excluding carboxylic acids is 1. The van der Waals surface area contributed by atoms with Gasteiger partial charge in [-0.15, -0.1) is 0 Å². The first-order valence-electron chi connectivity index (χ1n) is 7.15. The van der Waals surface area contributed by atoms with Crippen molar-refractivity contribution < 1.29 is 13.2 Å². The van der Waals surface area contributed by atoms with Crippen molar-refractivity contribution in [2.24, 2.45) is 0 Å². The molecule has 2 rings (SSSR count). The van der Waals surface area contributed by atoms with Crippen LogP contribution in [0, 0.1) is 0 Å². The zero-order valence-corrected chi connectivity index (χ0v) is 14.3. The number of halogens is 1. The first kappa shape index (κ1) is 17.5. The quantitative estimate of drug-likeness (QED) is 0.869. The summed E-state index contributed by atoms with van der Waals surface area (Å²) in [5.41, 5.74) is 1.42. The molecule has 2 aromatic carbocycles. The predicted octanol–water partition coefficient (Wildman–Crippen LogP) is 3.13. The fourth-order valence-electron chi connectivity index (χ4n) is 2.21. The maximum atomic E-state index is 12.2. The van der Waals surface area contributed by atoms with E-state index in [1.54, 1.807) is 24.3 Å². The first-order chi connectivity index (χ1) is 10.9. The Bertz CT molecular complexity index is 775. The molecule has 1 N–H and O–H groups in total. The van der Waals surface area contributed by atoms with Crippen molar-refractivity contribution in [3.63, 3.8) is 0 Å². The van der Waals surface area contributed by atoms with E-state index in [2.05, 4.69) is 5.32 Å². The highest BCUT2D eigenvalue weighted by molar-refractivity contribution is 7.91. The molecule has 0 aromatic heterocycles. The molecule has 0 heterocycles. The van der Waals surface area contributed by atoms with Crippen LogP contribution in [0.3, 0.4) is 0 Å². The van der Waals surface area contributed by atoms with E-state index >= 15 is 0 Å². The summed E-state index contributed by atoms with van der Waals surface area (Å²) in [7, 11) is -3.58. The molecule has 0 bridgehead atoms. The van der Waals surface area contributed by atoms with Crippen LogP contribution in [0.15, 0.2) is 54.6 Å². The molecule has 0 radical (unpaired) electrons. The SMILES string of the molecule is CC(NC(=O)CS(=O)(=O)Cc1ccccc1Cl)c1ccccc1. The summed E-state index contributed by atoms with van der Waals surface area (Å²) in [6.45, 7) is 1.81. The normalized spacial score (nSPS) is 12.6. The van der Waals surface area contributed by atoms with Crippen LogP contribution in [0.25, 0.3) is 0 Å². The number of hydrogen-bond donors (Lipinski definition) is 1. The number of hydrogen-bond acceptors (Lipinski definition) is 3. The van der Waals surface area contributed by atoms with Gasteiger partial charge in [-0.2, -0.15) is 0 Å². The molecule has 1 atom stereocenters. The number of carbonyl (C=O) groups is 1. The van der Waals surface area contributed by atoms with E-state index in [9.17, 15) is 13.2 Å². The lowest BCUT2D eigenvalue weighted by atomic mass is 10.1. The highest BCUT2D eigenvalue weighted by atomic mass is 35.5. The monoisotopic (exact) mass is 351 g/mol. The van der Waals surface area contributed by atoms with Crippen LogP contribution in [0.5, 0.6) is 0 Å². The van der Waals surface area contributed by atoms with Crippen molar-refractivity contribution in [3.8, 4) is 0 Å². The molecule has 0 saturated heterocycles. The van der Waals surface area contributed by atoms with Crippen LogP contribution in [0.2, 0.25) is 5.02 Å². The number of amides is 1. The largest absolute Gasteiger partial charge is 0.349 e. The summed E-state index contributed by atoms with van der Waals surface area (Å²) >= 11 is 5.97. The van der Waals surface area contributed by atoms with Gasteiger partial charge in [0.15, 0.2) is 9.84 Å². The van der Waals surface area contributed by atoms with Gasteiger partial charge in [0, 0.05) is 5.02 Å². The summed E-state index contributed by atoms with van der Waals surface area (Å²) in [5, 5.41) is 3.09. The van der Waals surface area contributed by atoms with E-state index in [4.69, 9.17) is 11.6 Å². The Morgan fingerprint density at radius 3 is 2.35 bits per heavy atom. The Labute approximate surface area is 141 Å². The van der Waals surface area contributed by atoms with E-state index < -0.39 is 21.5 Å². The molecule has 1 unspecified atom stereocenters. The van der Waals surface area contributed by atoms with E-state index in [0.29, 0.717) is 10.6 Å². The van der Waals surface area contributed by atoms with Gasteiger partial charge >= 0.3 is 0 Å². The van der Waals surface area contributed by atoms with Crippen LogP contribution in [0.1, 0.15) is 24.1 Å². The summed E-state index contributed by atoms with van der Waals surface area (Å²) in [6, 6.07) is 15.8. The van der Waals surface area contributed by atoms with E-state index in [0.717, 1.165) is 5.56 Å². The molecule has 0 fully saturated rings. The van der Waals surface area contributed by atoms with Gasteiger partial charge in [0.05, 0.1) is 11.8 Å². The third-order valence-corrected chi connectivity index (χ3v) is 5.18. The molecule has 0 spiro atoms. The highest BCUT2D eigenvalue weighted by Gasteiger charge is 2.20. The topological polar surface area (TPSA) is 63.2 Å². The van der Waals surface area contributed by atoms with E-state index in [1.807, 2.05) is 37.3 Å². The van der Waals surface area contributed by atoms with E-state index in [1.165, 1.54) is 0 Å². The van der Waals surface area contributed by atoms with Crippen LogP contribution in [-0.2, 0) is 20.4 Å². The minimum absolute atomic E-state index is 0.250. The molecule has 23 heavy (non-hydrogen) atoms. The average Bonchev–Trinajstić information content (AvgIpc) is 2.49. The minimum atomic E-state index is -3.58. The second-order valence-electron chi connectivity index (χ2n) is 5.32. The summed E-state index contributed by atoms with van der Waals surface area (Å²) in [4.78, 5) is 12.0. The van der Waals surface area contributed by atoms with Crippen LogP contribution >= 0.6 is 11.6 Å². The fourth-order valence-corrected chi connectivity index (χ4v) is 3.80. The van der Waals surface area contributed by atoms with Crippen molar-refractivity contribution in [2.45, 2.75) is 18.7 Å². The van der Waals surface area contributed by atoms with Crippen molar-refractivity contribution >= 4 is 27.3 Å². The van der Waals surface area contributed by atoms with Gasteiger partial charge < -0.3 is 5.32 Å². The Balaban J connectivity index is 1.97. The molecule has 0 aliphatic carbocycles. The maximum absolute atomic E-state index is 12.2. The molecule has 2 aromatic rings. The average molecular weight is 352 g/mol. The molecule has 0 aliphatic rings. The molecule has 0 saturated carbocycles. The Kier molecular flexibility index (Phi) is 5.80. The Hall–Kier alpha value is -1.85. The summed E-state index contributed by atoms with van der Waals surface area (Å²) in [6.07, 6.45) is 0. The molecular formula is C17H18ClNO3S. The van der Waals surface area contributed by atoms with Crippen molar-refractivity contribution in [1.82, 2.24) is 5.32 Å². The van der Waals surface area contributed by atoms with Gasteiger partial charge in [0.2, 0.25) is 5.91 Å². The van der Waals surface area contributed by atoms with Gasteiger partial charge in [0.1, 0.15) is 5.75 Å².